The zero-order chi connectivity index (χ0) is 22.5. The highest BCUT2D eigenvalue weighted by Crippen LogP contribution is 2.46. The summed E-state index contributed by atoms with van der Waals surface area (Å²) in [4.78, 5) is 24.5. The summed E-state index contributed by atoms with van der Waals surface area (Å²) in [5.74, 6) is 4.89. The van der Waals surface area contributed by atoms with E-state index in [0.717, 1.165) is 16.7 Å². The van der Waals surface area contributed by atoms with Crippen molar-refractivity contribution in [3.8, 4) is 11.8 Å². The van der Waals surface area contributed by atoms with Crippen LogP contribution in [0.3, 0.4) is 0 Å². The second-order valence-electron chi connectivity index (χ2n) is 7.16. The molecule has 0 radical (unpaired) electrons. The molecule has 1 heterocycles. The molecule has 1 aliphatic rings. The third-order valence-corrected chi connectivity index (χ3v) is 5.63. The van der Waals surface area contributed by atoms with Crippen LogP contribution < -0.4 is 16.2 Å². The highest BCUT2D eigenvalue weighted by atomic mass is 35.5. The van der Waals surface area contributed by atoms with Crippen LogP contribution in [-0.4, -0.2) is 31.6 Å². The van der Waals surface area contributed by atoms with Gasteiger partial charge >= 0.3 is 5.97 Å². The third kappa shape index (κ3) is 5.67. The molecule has 2 aromatic carbocycles. The van der Waals surface area contributed by atoms with Gasteiger partial charge in [-0.05, 0) is 29.7 Å². The van der Waals surface area contributed by atoms with Crippen LogP contribution >= 0.6 is 35.6 Å². The summed E-state index contributed by atoms with van der Waals surface area (Å²) >= 11 is 12.9. The van der Waals surface area contributed by atoms with Crippen LogP contribution in [0.5, 0.6) is 0 Å². The molecule has 0 bridgehead atoms. The highest BCUT2D eigenvalue weighted by molar-refractivity contribution is 6.35. The van der Waals surface area contributed by atoms with Gasteiger partial charge in [0.25, 0.3) is 0 Å². The van der Waals surface area contributed by atoms with Crippen LogP contribution in [0.2, 0.25) is 10.0 Å². The Morgan fingerprint density at radius 2 is 1.91 bits per heavy atom. The van der Waals surface area contributed by atoms with Gasteiger partial charge in [0.1, 0.15) is 6.04 Å². The number of ether oxygens (including phenoxy) is 1. The minimum absolute atomic E-state index is 0. The molecule has 0 aliphatic carbocycles. The zero-order valence-corrected chi connectivity index (χ0v) is 20.0. The Labute approximate surface area is 203 Å². The molecule has 9 heteroatoms. The number of carbonyl (C=O) groups is 2. The number of anilines is 1. The first kappa shape index (κ1) is 25.8. The molecule has 0 fully saturated rings. The van der Waals surface area contributed by atoms with Crippen molar-refractivity contribution in [2.24, 2.45) is 5.73 Å². The number of rotatable bonds is 4. The van der Waals surface area contributed by atoms with E-state index in [0.29, 0.717) is 35.1 Å². The van der Waals surface area contributed by atoms with Crippen LogP contribution in [0.25, 0.3) is 0 Å². The average molecular weight is 497 g/mol. The number of methoxy groups -OCH3 is 1. The van der Waals surface area contributed by atoms with Crippen molar-refractivity contribution < 1.29 is 14.3 Å². The summed E-state index contributed by atoms with van der Waals surface area (Å²) in [5, 5.41) is 2.36. The van der Waals surface area contributed by atoms with Gasteiger partial charge in [-0.25, -0.2) is 4.79 Å². The SMILES string of the molecule is COC(=O)[C@@H]1C[C@@H](c2ccc(CC#CCN)cc2)c2c(Cl)cc(Cl)cc2N1NC(C)=O.Cl. The first-order valence-corrected chi connectivity index (χ1v) is 10.5. The number of fused-ring (bicyclic) bond motifs is 1. The van der Waals surface area contributed by atoms with Crippen molar-refractivity contribution >= 4 is 53.2 Å². The fourth-order valence-corrected chi connectivity index (χ4v) is 4.40. The second-order valence-corrected chi connectivity index (χ2v) is 8.01. The molecule has 0 aromatic heterocycles. The van der Waals surface area contributed by atoms with Gasteiger partial charge in [-0.2, -0.15) is 0 Å². The Bertz CT molecular complexity index is 1050. The van der Waals surface area contributed by atoms with Crippen molar-refractivity contribution in [1.82, 2.24) is 5.43 Å². The molecule has 2 aromatic rings. The van der Waals surface area contributed by atoms with Gasteiger partial charge in [0.15, 0.2) is 0 Å². The smallest absolute Gasteiger partial charge is 0.330 e. The maximum absolute atomic E-state index is 12.6. The summed E-state index contributed by atoms with van der Waals surface area (Å²) in [6, 6.07) is 10.6. The van der Waals surface area contributed by atoms with Gasteiger partial charge in [-0.15, -0.1) is 12.4 Å². The molecule has 1 amide bonds. The van der Waals surface area contributed by atoms with Crippen LogP contribution in [-0.2, 0) is 20.7 Å². The van der Waals surface area contributed by atoms with Gasteiger partial charge < -0.3 is 10.5 Å². The van der Waals surface area contributed by atoms with E-state index in [1.807, 2.05) is 24.3 Å². The molecule has 0 saturated carbocycles. The summed E-state index contributed by atoms with van der Waals surface area (Å²) in [5.41, 5.74) is 11.5. The molecular formula is C23H24Cl3N3O3. The minimum atomic E-state index is -0.740. The Balaban J connectivity index is 0.00000363. The largest absolute Gasteiger partial charge is 0.467 e. The molecule has 32 heavy (non-hydrogen) atoms. The maximum Gasteiger partial charge on any atom is 0.330 e. The standard InChI is InChI=1S/C23H23Cl2N3O3.ClH/c1-14(29)27-28-20-12-17(24)11-19(25)22(20)18(13-21(28)23(30)31-2)16-8-6-15(7-9-16)5-3-4-10-26;/h6-9,11-12,18,21H,5,10,13,26H2,1-2H3,(H,27,29);1H/t18-,21-;/m0./s1. The van der Waals surface area contributed by atoms with Gasteiger partial charge in [0.05, 0.1) is 19.3 Å². The van der Waals surface area contributed by atoms with Crippen LogP contribution in [0, 0.1) is 11.8 Å². The third-order valence-electron chi connectivity index (χ3n) is 5.10. The van der Waals surface area contributed by atoms with Crippen molar-refractivity contribution in [1.29, 1.82) is 0 Å². The Kier molecular flexibility index (Phi) is 9.23. The molecule has 1 aliphatic heterocycles. The van der Waals surface area contributed by atoms with Gasteiger partial charge in [0.2, 0.25) is 5.91 Å². The number of nitrogens with one attached hydrogen (secondary N) is 1. The first-order chi connectivity index (χ1) is 14.8. The lowest BCUT2D eigenvalue weighted by atomic mass is 9.81. The minimum Gasteiger partial charge on any atom is -0.467 e. The molecule has 0 unspecified atom stereocenters. The van der Waals surface area contributed by atoms with E-state index in [2.05, 4.69) is 17.3 Å². The molecule has 0 saturated heterocycles. The molecular weight excluding hydrogens is 473 g/mol. The molecule has 3 N–H and O–H groups in total. The Hall–Kier alpha value is -2.43. The number of hydrogen-bond acceptors (Lipinski definition) is 5. The molecule has 3 rings (SSSR count). The number of nitrogens with two attached hydrogens (primary N) is 1. The summed E-state index contributed by atoms with van der Waals surface area (Å²) < 4.78 is 5.01. The number of halogens is 3. The lowest BCUT2D eigenvalue weighted by molar-refractivity contribution is -0.142. The number of hydrogen-bond donors (Lipinski definition) is 2. The van der Waals surface area contributed by atoms with E-state index in [4.69, 9.17) is 33.7 Å². The van der Waals surface area contributed by atoms with E-state index in [1.54, 1.807) is 12.1 Å². The second kappa shape index (κ2) is 11.4. The number of nitrogens with zero attached hydrogens (tertiary/aromatic N) is 1. The monoisotopic (exact) mass is 495 g/mol. The Morgan fingerprint density at radius 3 is 2.50 bits per heavy atom. The molecule has 170 valence electrons. The average Bonchev–Trinajstić information content (AvgIpc) is 2.74. The van der Waals surface area contributed by atoms with Crippen molar-refractivity contribution in [3.05, 3.63) is 63.1 Å². The highest BCUT2D eigenvalue weighted by Gasteiger charge is 2.40. The molecule has 6 nitrogen and oxygen atoms in total. The molecule has 2 atom stereocenters. The molecule has 0 spiro atoms. The predicted molar refractivity (Wildman–Crippen MR) is 129 cm³/mol. The fraction of sp³-hybridized carbons (Fsp3) is 0.304. The normalized spacial score (nSPS) is 16.7. The first-order valence-electron chi connectivity index (χ1n) is 9.73. The number of benzene rings is 2. The van der Waals surface area contributed by atoms with Crippen molar-refractivity contribution in [2.45, 2.75) is 31.7 Å². The zero-order valence-electron chi connectivity index (χ0n) is 17.7. The van der Waals surface area contributed by atoms with E-state index in [9.17, 15) is 9.59 Å². The van der Waals surface area contributed by atoms with Gasteiger partial charge in [-0.3, -0.25) is 15.2 Å². The summed E-state index contributed by atoms with van der Waals surface area (Å²) in [6.07, 6.45) is 0.976. The number of esters is 1. The summed E-state index contributed by atoms with van der Waals surface area (Å²) in [6.45, 7) is 1.70. The quantitative estimate of drug-likeness (QED) is 0.496. The van der Waals surface area contributed by atoms with Crippen molar-refractivity contribution in [2.75, 3.05) is 18.7 Å². The lowest BCUT2D eigenvalue weighted by Crippen LogP contribution is -2.55. The lowest BCUT2D eigenvalue weighted by Gasteiger charge is -2.41. The van der Waals surface area contributed by atoms with Crippen LogP contribution in [0.4, 0.5) is 5.69 Å². The van der Waals surface area contributed by atoms with E-state index < -0.39 is 12.0 Å². The van der Waals surface area contributed by atoms with Gasteiger partial charge in [-0.1, -0.05) is 59.3 Å². The van der Waals surface area contributed by atoms with E-state index >= 15 is 0 Å². The topological polar surface area (TPSA) is 84.7 Å². The number of amides is 1. The Morgan fingerprint density at radius 1 is 1.22 bits per heavy atom. The fourth-order valence-electron chi connectivity index (χ4n) is 3.78. The number of hydrazine groups is 1. The van der Waals surface area contributed by atoms with E-state index in [-0.39, 0.29) is 24.2 Å². The predicted octanol–water partition coefficient (Wildman–Crippen LogP) is 3.85. The number of carbonyl (C=O) groups excluding carboxylic acids is 2. The maximum atomic E-state index is 12.6. The van der Waals surface area contributed by atoms with Crippen molar-refractivity contribution in [3.63, 3.8) is 0 Å². The van der Waals surface area contributed by atoms with Gasteiger partial charge in [0, 0.05) is 34.9 Å². The van der Waals surface area contributed by atoms with Crippen LogP contribution in [0.15, 0.2) is 36.4 Å². The van der Waals surface area contributed by atoms with Crippen LogP contribution in [0.1, 0.15) is 36.0 Å². The summed E-state index contributed by atoms with van der Waals surface area (Å²) in [7, 11) is 1.32. The van der Waals surface area contributed by atoms with E-state index in [1.165, 1.54) is 19.0 Å².